The predicted molar refractivity (Wildman–Crippen MR) is 135 cm³/mol. The molecule has 1 aliphatic heterocycles. The molecule has 0 fully saturated rings. The second-order valence-corrected chi connectivity index (χ2v) is 9.07. The fourth-order valence-corrected chi connectivity index (χ4v) is 4.09. The van der Waals surface area contributed by atoms with Gasteiger partial charge in [-0.25, -0.2) is 14.2 Å². The maximum Gasteiger partial charge on any atom is 0.490 e. The number of nitrogens with two attached hydrogens (primary N) is 1. The number of aliphatic imine (C=N–C) groups is 1. The average Bonchev–Trinajstić information content (AvgIpc) is 3.45. The minimum absolute atomic E-state index is 0.167. The van der Waals surface area contributed by atoms with Gasteiger partial charge in [0, 0.05) is 32.1 Å². The Kier molecular flexibility index (Phi) is 9.19. The lowest BCUT2D eigenvalue weighted by molar-refractivity contribution is -0.192. The average molecular weight is 601 g/mol. The lowest BCUT2D eigenvalue weighted by atomic mass is 10.2. The van der Waals surface area contributed by atoms with Gasteiger partial charge in [0.25, 0.3) is 11.5 Å². The number of aryl methyl sites for hydroxylation is 1. The first-order valence-electron chi connectivity index (χ1n) is 11.5. The molecule has 0 aromatic carbocycles. The third kappa shape index (κ3) is 6.54. The van der Waals surface area contributed by atoms with E-state index in [2.05, 4.69) is 48.3 Å². The molecular formula is C22H24BrF3N8O4. The van der Waals surface area contributed by atoms with Crippen LogP contribution in [0.15, 0.2) is 28.2 Å². The van der Waals surface area contributed by atoms with Gasteiger partial charge in [0.15, 0.2) is 0 Å². The maximum atomic E-state index is 13.2. The van der Waals surface area contributed by atoms with Crippen molar-refractivity contribution in [3.05, 3.63) is 45.8 Å². The number of fused-ring (bicyclic) bond motifs is 2. The number of nitrogen functional groups attached to an aromatic ring is 1. The first-order valence-corrected chi connectivity index (χ1v) is 12.3. The Morgan fingerprint density at radius 2 is 1.97 bits per heavy atom. The molecule has 3 aromatic rings. The number of rotatable bonds is 8. The van der Waals surface area contributed by atoms with Gasteiger partial charge in [-0.15, -0.1) is 10.2 Å². The summed E-state index contributed by atoms with van der Waals surface area (Å²) < 4.78 is 36.0. The number of hydrogen-bond donors (Lipinski definition) is 3. The van der Waals surface area contributed by atoms with Crippen LogP contribution in [-0.4, -0.2) is 58.5 Å². The number of unbranched alkanes of at least 4 members (excludes halogenated alkanes) is 2. The van der Waals surface area contributed by atoms with E-state index in [4.69, 9.17) is 15.6 Å². The molecule has 4 heterocycles. The Labute approximate surface area is 221 Å². The van der Waals surface area contributed by atoms with Gasteiger partial charge in [0.2, 0.25) is 5.78 Å². The molecule has 0 unspecified atom stereocenters. The van der Waals surface area contributed by atoms with Crippen molar-refractivity contribution in [2.45, 2.75) is 51.7 Å². The van der Waals surface area contributed by atoms with E-state index in [-0.39, 0.29) is 18.0 Å². The molecule has 0 saturated heterocycles. The molecule has 0 bridgehead atoms. The highest BCUT2D eigenvalue weighted by molar-refractivity contribution is 9.18. The van der Waals surface area contributed by atoms with Gasteiger partial charge in [0.05, 0.1) is 27.6 Å². The Morgan fingerprint density at radius 3 is 2.61 bits per heavy atom. The van der Waals surface area contributed by atoms with Crippen molar-refractivity contribution in [1.82, 2.24) is 29.5 Å². The number of halogens is 4. The van der Waals surface area contributed by atoms with Crippen molar-refractivity contribution >= 4 is 49.7 Å². The first kappa shape index (κ1) is 28.7. The molecule has 1 aliphatic rings. The number of aliphatic carboxylic acids is 1. The summed E-state index contributed by atoms with van der Waals surface area (Å²) in [5, 5.41) is 18.5. The van der Waals surface area contributed by atoms with Crippen molar-refractivity contribution in [2.24, 2.45) is 4.99 Å². The molecule has 0 saturated carbocycles. The quantitative estimate of drug-likeness (QED) is 0.331. The van der Waals surface area contributed by atoms with Crippen LogP contribution < -0.4 is 16.6 Å². The number of carboxylic acid groups (broad SMARTS) is 1. The minimum atomic E-state index is -5.08. The van der Waals surface area contributed by atoms with Gasteiger partial charge < -0.3 is 16.2 Å². The highest BCUT2D eigenvalue weighted by atomic mass is 79.9. The highest BCUT2D eigenvalue weighted by Gasteiger charge is 2.38. The number of hydrogen-bond acceptors (Lipinski definition) is 8. The van der Waals surface area contributed by atoms with Crippen molar-refractivity contribution in [3.63, 3.8) is 0 Å². The van der Waals surface area contributed by atoms with E-state index < -0.39 is 12.1 Å². The van der Waals surface area contributed by atoms with E-state index in [1.807, 2.05) is 4.57 Å². The molecular weight excluding hydrogens is 577 g/mol. The number of alkyl halides is 3. The maximum absolute atomic E-state index is 13.2. The van der Waals surface area contributed by atoms with Crippen LogP contribution in [0.4, 0.5) is 24.7 Å². The van der Waals surface area contributed by atoms with Crippen molar-refractivity contribution < 1.29 is 27.9 Å². The number of pyridine rings is 1. The summed E-state index contributed by atoms with van der Waals surface area (Å²) in [4.78, 5) is 42.8. The first-order chi connectivity index (χ1) is 18.0. The van der Waals surface area contributed by atoms with Crippen LogP contribution in [0.3, 0.4) is 0 Å². The normalized spacial score (nSPS) is 12.5. The molecule has 0 spiro atoms. The monoisotopic (exact) mass is 600 g/mol. The molecule has 16 heteroatoms. The molecule has 38 heavy (non-hydrogen) atoms. The third-order valence-corrected chi connectivity index (χ3v) is 5.91. The lowest BCUT2D eigenvalue weighted by Crippen LogP contribution is -2.28. The van der Waals surface area contributed by atoms with E-state index in [0.717, 1.165) is 23.9 Å². The molecule has 4 N–H and O–H groups in total. The molecule has 12 nitrogen and oxygen atoms in total. The number of aromatic nitrogens is 5. The fourth-order valence-electron chi connectivity index (χ4n) is 3.65. The summed E-state index contributed by atoms with van der Waals surface area (Å²) in [7, 11) is 0. The van der Waals surface area contributed by atoms with Gasteiger partial charge in [-0.05, 0) is 28.4 Å². The summed E-state index contributed by atoms with van der Waals surface area (Å²) >= 11 is 3.42. The predicted octanol–water partition coefficient (Wildman–Crippen LogP) is 2.65. The molecule has 1 amide bonds. The van der Waals surface area contributed by atoms with Gasteiger partial charge in [-0.2, -0.15) is 13.2 Å². The zero-order valence-electron chi connectivity index (χ0n) is 20.1. The van der Waals surface area contributed by atoms with Crippen molar-refractivity contribution in [1.29, 1.82) is 0 Å². The Balaban J connectivity index is 0.000000505. The molecule has 204 valence electrons. The summed E-state index contributed by atoms with van der Waals surface area (Å²) in [6.07, 6.45) is 1.78. The highest BCUT2D eigenvalue weighted by Crippen LogP contribution is 2.28. The molecule has 0 atom stereocenters. The minimum Gasteiger partial charge on any atom is -0.475 e. The SMILES string of the molecule is CCCCCn1c2c(c(=O)n3c(CCNC(=O)c4ccncc4N)nnc13)CC(Br)=N2.O=C(O)C(F)(F)F. The number of carboxylic acids is 1. The number of nitrogens with one attached hydrogen (secondary N) is 1. The van der Waals surface area contributed by atoms with E-state index in [0.29, 0.717) is 53.6 Å². The van der Waals surface area contributed by atoms with Gasteiger partial charge in [0.1, 0.15) is 11.6 Å². The van der Waals surface area contributed by atoms with Crippen LogP contribution in [0.25, 0.3) is 5.78 Å². The zero-order chi connectivity index (χ0) is 28.0. The molecule has 0 radical (unpaired) electrons. The van der Waals surface area contributed by atoms with Crippen LogP contribution in [0.5, 0.6) is 0 Å². The third-order valence-electron chi connectivity index (χ3n) is 5.45. The second kappa shape index (κ2) is 12.1. The van der Waals surface area contributed by atoms with Crippen LogP contribution in [-0.2, 0) is 24.2 Å². The topological polar surface area (TPSA) is 170 Å². The van der Waals surface area contributed by atoms with E-state index in [9.17, 15) is 22.8 Å². The number of anilines is 1. The van der Waals surface area contributed by atoms with Crippen molar-refractivity contribution in [2.75, 3.05) is 12.3 Å². The fraction of sp³-hybridized carbons (Fsp3) is 0.409. The number of amides is 1. The summed E-state index contributed by atoms with van der Waals surface area (Å²) in [5.74, 6) is -1.43. The van der Waals surface area contributed by atoms with Crippen LogP contribution >= 0.6 is 15.9 Å². The number of carbonyl (C=O) groups excluding carboxylic acids is 1. The molecule has 4 rings (SSSR count). The largest absolute Gasteiger partial charge is 0.490 e. The molecule has 3 aromatic heterocycles. The summed E-state index contributed by atoms with van der Waals surface area (Å²) in [6.45, 7) is 3.14. The van der Waals surface area contributed by atoms with E-state index in [1.54, 1.807) is 10.5 Å². The van der Waals surface area contributed by atoms with Gasteiger partial charge >= 0.3 is 12.1 Å². The van der Waals surface area contributed by atoms with Gasteiger partial charge in [-0.1, -0.05) is 19.8 Å². The Hall–Kier alpha value is -3.82. The number of carbonyl (C=O) groups is 2. The van der Waals surface area contributed by atoms with Crippen LogP contribution in [0, 0.1) is 0 Å². The Bertz CT molecular complexity index is 1430. The number of nitrogens with zero attached hydrogens (tertiary/aromatic N) is 6. The zero-order valence-corrected chi connectivity index (χ0v) is 21.7. The summed E-state index contributed by atoms with van der Waals surface area (Å²) in [5.41, 5.74) is 6.94. The van der Waals surface area contributed by atoms with Gasteiger partial charge in [-0.3, -0.25) is 19.1 Å². The smallest absolute Gasteiger partial charge is 0.475 e. The van der Waals surface area contributed by atoms with Crippen LogP contribution in [0.1, 0.15) is 47.9 Å². The lowest BCUT2D eigenvalue weighted by Gasteiger charge is -2.12. The standard InChI is InChI=1S/C20H23BrN8O2.C2HF3O2/c1-2-3-4-9-28-17-13(10-15(21)25-17)19(31)29-16(26-27-20(28)29)6-8-24-18(30)12-5-7-23-11-14(12)22;3-2(4,5)1(6)7/h5,7,11H,2-4,6,8-10,22H2,1H3,(H,24,30);(H,6,7). The van der Waals surface area contributed by atoms with Crippen molar-refractivity contribution in [3.8, 4) is 0 Å². The Morgan fingerprint density at radius 1 is 1.26 bits per heavy atom. The summed E-state index contributed by atoms with van der Waals surface area (Å²) in [6, 6.07) is 1.56. The second-order valence-electron chi connectivity index (χ2n) is 8.15. The van der Waals surface area contributed by atoms with Crippen LogP contribution in [0.2, 0.25) is 0 Å². The molecule has 0 aliphatic carbocycles. The van der Waals surface area contributed by atoms with E-state index in [1.165, 1.54) is 12.4 Å². The van der Waals surface area contributed by atoms with E-state index >= 15 is 0 Å².